The van der Waals surface area contributed by atoms with E-state index in [1.54, 1.807) is 29.6 Å². The molecule has 1 aromatic heterocycles. The quantitative estimate of drug-likeness (QED) is 0.763. The highest BCUT2D eigenvalue weighted by atomic mass is 35.5. The molecular weight excluding hydrogens is 348 g/mol. The van der Waals surface area contributed by atoms with E-state index in [1.807, 2.05) is 0 Å². The number of nitrogens with zero attached hydrogens (tertiary/aromatic N) is 1. The summed E-state index contributed by atoms with van der Waals surface area (Å²) in [6.07, 6.45) is 4.34. The first-order chi connectivity index (χ1) is 11.6. The van der Waals surface area contributed by atoms with Crippen LogP contribution in [0.15, 0.2) is 29.6 Å². The van der Waals surface area contributed by atoms with Crippen molar-refractivity contribution in [3.05, 3.63) is 40.4 Å². The third kappa shape index (κ3) is 4.46. The lowest BCUT2D eigenvalue weighted by atomic mass is 10.2. The Morgan fingerprint density at radius 2 is 2.00 bits per heavy atom. The van der Waals surface area contributed by atoms with Crippen molar-refractivity contribution in [3.63, 3.8) is 0 Å². The monoisotopic (exact) mass is 364 g/mol. The second-order valence-corrected chi connectivity index (χ2v) is 6.88. The van der Waals surface area contributed by atoms with E-state index < -0.39 is 6.03 Å². The van der Waals surface area contributed by atoms with E-state index in [0.717, 1.165) is 25.7 Å². The molecule has 0 radical (unpaired) electrons. The van der Waals surface area contributed by atoms with Crippen LogP contribution in [0.1, 0.15) is 36.2 Å². The van der Waals surface area contributed by atoms with Crippen LogP contribution in [0.4, 0.5) is 15.6 Å². The molecule has 1 aliphatic carbocycles. The van der Waals surface area contributed by atoms with Gasteiger partial charge in [0.2, 0.25) is 0 Å². The first kappa shape index (κ1) is 16.7. The summed E-state index contributed by atoms with van der Waals surface area (Å²) in [6, 6.07) is 6.64. The molecule has 2 aromatic rings. The lowest BCUT2D eigenvalue weighted by Crippen LogP contribution is -2.32. The largest absolute Gasteiger partial charge is 0.348 e. The van der Waals surface area contributed by atoms with Crippen LogP contribution in [0, 0.1) is 0 Å². The molecule has 3 rings (SSSR count). The summed E-state index contributed by atoms with van der Waals surface area (Å²) >= 11 is 7.08. The van der Waals surface area contributed by atoms with Crippen LogP contribution in [0.2, 0.25) is 5.02 Å². The van der Waals surface area contributed by atoms with Gasteiger partial charge in [0.15, 0.2) is 5.13 Å². The zero-order valence-electron chi connectivity index (χ0n) is 12.8. The molecule has 3 amide bonds. The molecule has 1 aromatic carbocycles. The smallest absolute Gasteiger partial charge is 0.325 e. The van der Waals surface area contributed by atoms with Gasteiger partial charge in [-0.25, -0.2) is 9.78 Å². The summed E-state index contributed by atoms with van der Waals surface area (Å²) in [5, 5.41) is 10.8. The number of amides is 3. The number of anilines is 2. The summed E-state index contributed by atoms with van der Waals surface area (Å²) in [7, 11) is 0. The maximum Gasteiger partial charge on any atom is 0.325 e. The molecule has 0 saturated heterocycles. The highest BCUT2D eigenvalue weighted by Crippen LogP contribution is 2.20. The van der Waals surface area contributed by atoms with Crippen molar-refractivity contribution in [2.75, 3.05) is 10.6 Å². The Morgan fingerprint density at radius 3 is 2.75 bits per heavy atom. The predicted octanol–water partition coefficient (Wildman–Crippen LogP) is 4.11. The average Bonchev–Trinajstić information content (AvgIpc) is 3.19. The van der Waals surface area contributed by atoms with E-state index in [-0.39, 0.29) is 11.9 Å². The highest BCUT2D eigenvalue weighted by Gasteiger charge is 2.19. The summed E-state index contributed by atoms with van der Waals surface area (Å²) in [6.45, 7) is 0. The van der Waals surface area contributed by atoms with Gasteiger partial charge in [-0.1, -0.05) is 30.5 Å². The minimum atomic E-state index is -0.436. The van der Waals surface area contributed by atoms with E-state index in [4.69, 9.17) is 11.6 Å². The second-order valence-electron chi connectivity index (χ2n) is 5.58. The van der Waals surface area contributed by atoms with E-state index in [9.17, 15) is 9.59 Å². The van der Waals surface area contributed by atoms with Gasteiger partial charge in [-0.05, 0) is 31.0 Å². The van der Waals surface area contributed by atoms with Crippen LogP contribution in [-0.4, -0.2) is 23.0 Å². The Kier molecular flexibility index (Phi) is 5.32. The van der Waals surface area contributed by atoms with Crippen LogP contribution < -0.4 is 16.0 Å². The fraction of sp³-hybridized carbons (Fsp3) is 0.312. The number of urea groups is 1. The summed E-state index contributed by atoms with van der Waals surface area (Å²) in [5.74, 6) is -0.193. The van der Waals surface area contributed by atoms with Gasteiger partial charge in [-0.3, -0.25) is 10.1 Å². The number of carbonyl (C=O) groups is 2. The molecule has 24 heavy (non-hydrogen) atoms. The molecule has 0 aliphatic heterocycles. The van der Waals surface area contributed by atoms with Crippen molar-refractivity contribution in [1.29, 1.82) is 0 Å². The van der Waals surface area contributed by atoms with Gasteiger partial charge < -0.3 is 10.6 Å². The minimum absolute atomic E-state index is 0.193. The maximum absolute atomic E-state index is 12.1. The number of aromatic nitrogens is 1. The van der Waals surface area contributed by atoms with Crippen molar-refractivity contribution in [3.8, 4) is 0 Å². The Labute approximate surface area is 148 Å². The number of hydrogen-bond acceptors (Lipinski definition) is 4. The van der Waals surface area contributed by atoms with E-state index in [2.05, 4.69) is 20.9 Å². The Hall–Kier alpha value is -2.12. The molecular formula is C16H17ClN4O2S. The van der Waals surface area contributed by atoms with Crippen molar-refractivity contribution < 1.29 is 9.59 Å². The third-order valence-corrected chi connectivity index (χ3v) is 4.72. The first-order valence-electron chi connectivity index (χ1n) is 7.70. The summed E-state index contributed by atoms with van der Waals surface area (Å²) < 4.78 is 0. The molecule has 8 heteroatoms. The standard InChI is InChI=1S/C16H17ClN4O2S/c17-10-4-3-7-12(8-10)19-15(23)21-16-20-13(9-24-16)14(22)18-11-5-1-2-6-11/h3-4,7-9,11H,1-2,5-6H2,(H,18,22)(H2,19,20,21,23). The van der Waals surface area contributed by atoms with Crippen LogP contribution in [0.3, 0.4) is 0 Å². The molecule has 1 aliphatic rings. The van der Waals surface area contributed by atoms with Gasteiger partial charge in [-0.15, -0.1) is 11.3 Å². The van der Waals surface area contributed by atoms with Crippen molar-refractivity contribution in [1.82, 2.24) is 10.3 Å². The average molecular weight is 365 g/mol. The highest BCUT2D eigenvalue weighted by molar-refractivity contribution is 7.14. The minimum Gasteiger partial charge on any atom is -0.348 e. The van der Waals surface area contributed by atoms with E-state index in [0.29, 0.717) is 21.5 Å². The lowest BCUT2D eigenvalue weighted by molar-refractivity contribution is 0.0933. The van der Waals surface area contributed by atoms with Crippen LogP contribution in [0.25, 0.3) is 0 Å². The van der Waals surface area contributed by atoms with Crippen LogP contribution in [0.5, 0.6) is 0 Å². The molecule has 126 valence electrons. The second kappa shape index (κ2) is 7.63. The molecule has 6 nitrogen and oxygen atoms in total. The van der Waals surface area contributed by atoms with Crippen molar-refractivity contribution in [2.24, 2.45) is 0 Å². The van der Waals surface area contributed by atoms with Gasteiger partial charge in [-0.2, -0.15) is 0 Å². The van der Waals surface area contributed by atoms with Gasteiger partial charge in [0.25, 0.3) is 5.91 Å². The number of halogens is 1. The third-order valence-electron chi connectivity index (χ3n) is 3.73. The molecule has 0 spiro atoms. The molecule has 1 heterocycles. The zero-order valence-corrected chi connectivity index (χ0v) is 14.4. The van der Waals surface area contributed by atoms with Gasteiger partial charge >= 0.3 is 6.03 Å². The number of nitrogens with one attached hydrogen (secondary N) is 3. The fourth-order valence-corrected chi connectivity index (χ4v) is 3.47. The number of hydrogen-bond donors (Lipinski definition) is 3. The summed E-state index contributed by atoms with van der Waals surface area (Å²) in [5.41, 5.74) is 0.903. The summed E-state index contributed by atoms with van der Waals surface area (Å²) in [4.78, 5) is 28.2. The molecule has 0 atom stereocenters. The molecule has 1 fully saturated rings. The van der Waals surface area contributed by atoms with Gasteiger partial charge in [0.1, 0.15) is 5.69 Å². The molecule has 0 bridgehead atoms. The van der Waals surface area contributed by atoms with Gasteiger partial charge in [0, 0.05) is 22.1 Å². The molecule has 3 N–H and O–H groups in total. The van der Waals surface area contributed by atoms with Crippen LogP contribution >= 0.6 is 22.9 Å². The van der Waals surface area contributed by atoms with Crippen molar-refractivity contribution in [2.45, 2.75) is 31.7 Å². The molecule has 1 saturated carbocycles. The topological polar surface area (TPSA) is 83.1 Å². The van der Waals surface area contributed by atoms with Crippen LogP contribution in [-0.2, 0) is 0 Å². The maximum atomic E-state index is 12.1. The zero-order chi connectivity index (χ0) is 16.9. The van der Waals surface area contributed by atoms with E-state index in [1.165, 1.54) is 11.3 Å². The predicted molar refractivity (Wildman–Crippen MR) is 95.9 cm³/mol. The fourth-order valence-electron chi connectivity index (χ4n) is 2.59. The first-order valence-corrected chi connectivity index (χ1v) is 8.96. The normalized spacial score (nSPS) is 14.4. The Bertz CT molecular complexity index is 743. The Balaban J connectivity index is 1.55. The van der Waals surface area contributed by atoms with Crippen molar-refractivity contribution >= 4 is 45.7 Å². The Morgan fingerprint density at radius 1 is 1.21 bits per heavy atom. The van der Waals surface area contributed by atoms with E-state index >= 15 is 0 Å². The number of benzene rings is 1. The van der Waals surface area contributed by atoms with Gasteiger partial charge in [0.05, 0.1) is 0 Å². The number of rotatable bonds is 4. The lowest BCUT2D eigenvalue weighted by Gasteiger charge is -2.09. The SMILES string of the molecule is O=C(Nc1cccc(Cl)c1)Nc1nc(C(=O)NC2CCCC2)cs1. The number of carbonyl (C=O) groups excluding carboxylic acids is 2. The number of thiazole rings is 1. The molecule has 0 unspecified atom stereocenters.